The molecule has 2 aromatic rings. The van der Waals surface area contributed by atoms with E-state index in [1.54, 1.807) is 13.1 Å². The summed E-state index contributed by atoms with van der Waals surface area (Å²) in [6.07, 6.45) is 0.142. The molecule has 1 unspecified atom stereocenters. The smallest absolute Gasteiger partial charge is 0.417 e. The van der Waals surface area contributed by atoms with Crippen LogP contribution < -0.4 is 15.0 Å². The van der Waals surface area contributed by atoms with Gasteiger partial charge in [0.25, 0.3) is 0 Å². The number of likely N-dealkylation sites (tertiary alicyclic amines) is 1. The molecule has 0 saturated carbocycles. The maximum Gasteiger partial charge on any atom is 0.417 e. The first-order valence-electron chi connectivity index (χ1n) is 9.61. The number of carbonyl (C=O) groups excluding carboxylic acids is 1. The normalized spacial score (nSPS) is 27.1. The van der Waals surface area contributed by atoms with Crippen molar-refractivity contribution in [3.05, 3.63) is 58.3 Å². The van der Waals surface area contributed by atoms with Gasteiger partial charge >= 0.3 is 6.09 Å². The third-order valence-corrected chi connectivity index (χ3v) is 6.17. The van der Waals surface area contributed by atoms with Gasteiger partial charge in [0, 0.05) is 24.8 Å². The molecular weight excluding hydrogens is 390 g/mol. The number of nitrogens with one attached hydrogen (secondary N) is 1. The highest BCUT2D eigenvalue weighted by molar-refractivity contribution is 5.86. The summed E-state index contributed by atoms with van der Waals surface area (Å²) in [4.78, 5) is 14.5. The molecule has 7 heteroatoms. The van der Waals surface area contributed by atoms with Crippen molar-refractivity contribution in [2.24, 2.45) is 0 Å². The first-order chi connectivity index (χ1) is 13.1. The molecule has 156 valence electrons. The number of likely N-dealkylation sites (N-methyl/N-ethyl adjacent to an activating group) is 2. The Morgan fingerprint density at radius 1 is 1.24 bits per heavy atom. The number of quaternary nitrogens is 1. The van der Waals surface area contributed by atoms with Gasteiger partial charge in [-0.05, 0) is 67.8 Å². The first kappa shape index (κ1) is 21.4. The van der Waals surface area contributed by atoms with E-state index >= 15 is 0 Å². The van der Waals surface area contributed by atoms with Gasteiger partial charge in [-0.2, -0.15) is 0 Å². The standard InChI is InChI=1S/C22H27N3O3.ClH/c1-14-10-15(2)12-16(11-14)23-21(26)28-17-6-7-19-18(13-17)22(3)8-9-25(5,27)20(22)24(19)4;/h6-7,10-13,20H,8-9H2,1-5H3,(H,23,26);1H/t20-,22-,25?;/m0./s1. The molecule has 1 fully saturated rings. The van der Waals surface area contributed by atoms with E-state index in [9.17, 15) is 10.0 Å². The summed E-state index contributed by atoms with van der Waals surface area (Å²) < 4.78 is 5.28. The molecule has 0 aromatic heterocycles. The maximum atomic E-state index is 12.9. The average molecular weight is 418 g/mol. The minimum absolute atomic E-state index is 0. The summed E-state index contributed by atoms with van der Waals surface area (Å²) in [5, 5.41) is 15.7. The second-order valence-electron chi connectivity index (χ2n) is 8.62. The van der Waals surface area contributed by atoms with Gasteiger partial charge in [-0.15, -0.1) is 12.4 Å². The minimum atomic E-state index is -0.520. The van der Waals surface area contributed by atoms with E-state index in [2.05, 4.69) is 23.2 Å². The van der Waals surface area contributed by atoms with Crippen molar-refractivity contribution < 1.29 is 14.2 Å². The molecule has 0 radical (unpaired) electrons. The number of rotatable bonds is 2. The number of halogens is 1. The van der Waals surface area contributed by atoms with E-state index in [0.717, 1.165) is 28.8 Å². The molecule has 4 rings (SSSR count). The van der Waals surface area contributed by atoms with Gasteiger partial charge in [0.2, 0.25) is 0 Å². The molecule has 29 heavy (non-hydrogen) atoms. The number of hydroxylamine groups is 3. The number of carbonyl (C=O) groups is 1. The molecule has 3 atom stereocenters. The first-order valence-corrected chi connectivity index (χ1v) is 9.61. The number of ether oxygens (including phenoxy) is 1. The summed E-state index contributed by atoms with van der Waals surface area (Å²) in [5.41, 5.74) is 4.74. The van der Waals surface area contributed by atoms with Gasteiger partial charge < -0.3 is 19.5 Å². The highest BCUT2D eigenvalue weighted by Crippen LogP contribution is 2.54. The molecule has 1 saturated heterocycles. The predicted molar refractivity (Wildman–Crippen MR) is 118 cm³/mol. The van der Waals surface area contributed by atoms with Crippen molar-refractivity contribution in [3.63, 3.8) is 0 Å². The van der Waals surface area contributed by atoms with Gasteiger partial charge in [0.05, 0.1) is 19.0 Å². The molecule has 2 heterocycles. The van der Waals surface area contributed by atoms with Crippen molar-refractivity contribution in [3.8, 4) is 5.75 Å². The van der Waals surface area contributed by atoms with Crippen LogP contribution in [0.15, 0.2) is 36.4 Å². The van der Waals surface area contributed by atoms with Gasteiger partial charge in [-0.1, -0.05) is 6.07 Å². The fourth-order valence-electron chi connectivity index (χ4n) is 5.15. The molecular formula is C22H28ClN3O3. The monoisotopic (exact) mass is 417 g/mol. The highest BCUT2D eigenvalue weighted by Gasteiger charge is 2.58. The average Bonchev–Trinajstić information content (AvgIpc) is 2.96. The van der Waals surface area contributed by atoms with Crippen LogP contribution >= 0.6 is 12.4 Å². The lowest BCUT2D eigenvalue weighted by molar-refractivity contribution is -0.874. The Balaban J connectivity index is 0.00000240. The number of anilines is 2. The molecule has 0 aliphatic carbocycles. The Morgan fingerprint density at radius 3 is 2.55 bits per heavy atom. The molecule has 2 aliphatic heterocycles. The zero-order valence-electron chi connectivity index (χ0n) is 17.5. The van der Waals surface area contributed by atoms with E-state index in [-0.39, 0.29) is 28.6 Å². The van der Waals surface area contributed by atoms with E-state index < -0.39 is 6.09 Å². The molecule has 2 aliphatic rings. The topological polar surface area (TPSA) is 64.6 Å². The van der Waals surface area contributed by atoms with Crippen LogP contribution in [-0.4, -0.2) is 37.5 Å². The van der Waals surface area contributed by atoms with Crippen LogP contribution in [0, 0.1) is 19.1 Å². The Morgan fingerprint density at radius 2 is 1.90 bits per heavy atom. The summed E-state index contributed by atoms with van der Waals surface area (Å²) in [5.74, 6) is 0.489. The molecule has 2 aromatic carbocycles. The fourth-order valence-corrected chi connectivity index (χ4v) is 5.15. The second kappa shape index (κ2) is 7.20. The number of aryl methyl sites for hydroxylation is 2. The van der Waals surface area contributed by atoms with Crippen molar-refractivity contribution in [2.45, 2.75) is 38.8 Å². The zero-order valence-corrected chi connectivity index (χ0v) is 18.3. The lowest BCUT2D eigenvalue weighted by Crippen LogP contribution is -2.54. The zero-order chi connectivity index (χ0) is 20.3. The van der Waals surface area contributed by atoms with E-state index in [0.29, 0.717) is 18.0 Å². The van der Waals surface area contributed by atoms with Crippen LogP contribution in [0.5, 0.6) is 5.75 Å². The maximum absolute atomic E-state index is 12.9. The third kappa shape index (κ3) is 3.56. The summed E-state index contributed by atoms with van der Waals surface area (Å²) in [6, 6.07) is 11.5. The molecule has 6 nitrogen and oxygen atoms in total. The van der Waals surface area contributed by atoms with Gasteiger partial charge in [-0.3, -0.25) is 5.32 Å². The van der Waals surface area contributed by atoms with Crippen LogP contribution in [0.3, 0.4) is 0 Å². The SMILES string of the molecule is Cc1cc(C)cc(NC(=O)Oc2ccc3c(c2)[C@]2(C)CC[N+](C)([O-])[C@@H]2N3C)c1.Cl. The molecule has 1 N–H and O–H groups in total. The molecule has 0 bridgehead atoms. The minimum Gasteiger partial charge on any atom is -0.631 e. The number of amides is 1. The van der Waals surface area contributed by atoms with Crippen LogP contribution in [0.1, 0.15) is 30.0 Å². The van der Waals surface area contributed by atoms with Crippen LogP contribution in [0.25, 0.3) is 0 Å². The predicted octanol–water partition coefficient (Wildman–Crippen LogP) is 4.72. The summed E-state index contributed by atoms with van der Waals surface area (Å²) >= 11 is 0. The second-order valence-corrected chi connectivity index (χ2v) is 8.62. The van der Waals surface area contributed by atoms with Gasteiger partial charge in [0.1, 0.15) is 5.75 Å². The van der Waals surface area contributed by atoms with Crippen molar-refractivity contribution >= 4 is 29.9 Å². The summed E-state index contributed by atoms with van der Waals surface area (Å²) in [6.45, 7) is 6.70. The summed E-state index contributed by atoms with van der Waals surface area (Å²) in [7, 11) is 3.72. The quantitative estimate of drug-likeness (QED) is 0.567. The molecule has 0 spiro atoms. The van der Waals surface area contributed by atoms with Gasteiger partial charge in [0.15, 0.2) is 6.17 Å². The number of fused-ring (bicyclic) bond motifs is 3. The number of benzene rings is 2. The number of nitrogens with zero attached hydrogens (tertiary/aromatic N) is 2. The Labute approximate surface area is 178 Å². The largest absolute Gasteiger partial charge is 0.631 e. The molecule has 1 amide bonds. The van der Waals surface area contributed by atoms with Crippen molar-refractivity contribution in [1.82, 2.24) is 0 Å². The van der Waals surface area contributed by atoms with Crippen LogP contribution in [0.2, 0.25) is 0 Å². The lowest BCUT2D eigenvalue weighted by atomic mass is 9.81. The Kier molecular flexibility index (Phi) is 5.32. The fraction of sp³-hybridized carbons (Fsp3) is 0.409. The number of hydrogen-bond donors (Lipinski definition) is 1. The van der Waals surface area contributed by atoms with Crippen LogP contribution in [0.4, 0.5) is 16.2 Å². The lowest BCUT2D eigenvalue weighted by Gasteiger charge is -2.44. The Hall–Kier alpha value is -2.28. The third-order valence-electron chi connectivity index (χ3n) is 6.17. The van der Waals surface area contributed by atoms with E-state index in [1.165, 1.54) is 0 Å². The van der Waals surface area contributed by atoms with Gasteiger partial charge in [-0.25, -0.2) is 4.79 Å². The van der Waals surface area contributed by atoms with Crippen molar-refractivity contribution in [1.29, 1.82) is 0 Å². The van der Waals surface area contributed by atoms with Crippen molar-refractivity contribution in [2.75, 3.05) is 30.9 Å². The van der Waals surface area contributed by atoms with Crippen LogP contribution in [-0.2, 0) is 5.41 Å². The van der Waals surface area contributed by atoms with E-state index in [1.807, 2.05) is 45.2 Å². The Bertz CT molecular complexity index is 942. The van der Waals surface area contributed by atoms with E-state index in [4.69, 9.17) is 4.74 Å². The highest BCUT2D eigenvalue weighted by atomic mass is 35.5. The number of hydrogen-bond acceptors (Lipinski definition) is 4.